The third-order valence-electron chi connectivity index (χ3n) is 4.97. The lowest BCUT2D eigenvalue weighted by molar-refractivity contribution is 0.0995. The fourth-order valence-electron chi connectivity index (χ4n) is 3.27. The van der Waals surface area contributed by atoms with E-state index in [0.717, 1.165) is 0 Å². The summed E-state index contributed by atoms with van der Waals surface area (Å²) in [7, 11) is -3.80. The molecule has 10 heteroatoms. The lowest BCUT2D eigenvalue weighted by Crippen LogP contribution is -2.31. The predicted octanol–water partition coefficient (Wildman–Crippen LogP) is 4.21. The normalized spacial score (nSPS) is 11.3. The highest BCUT2D eigenvalue weighted by molar-refractivity contribution is 7.89. The minimum Gasteiger partial charge on any atom is -0.492 e. The van der Waals surface area contributed by atoms with Gasteiger partial charge in [-0.3, -0.25) is 9.59 Å². The van der Waals surface area contributed by atoms with Crippen LogP contribution in [0.3, 0.4) is 0 Å². The van der Waals surface area contributed by atoms with Gasteiger partial charge in [-0.1, -0.05) is 13.8 Å². The van der Waals surface area contributed by atoms with Crippen molar-refractivity contribution in [2.75, 3.05) is 30.3 Å². The summed E-state index contributed by atoms with van der Waals surface area (Å²) in [6.07, 6.45) is 1.40. The van der Waals surface area contributed by atoms with Crippen molar-refractivity contribution in [2.24, 2.45) is 0 Å². The van der Waals surface area contributed by atoms with Crippen molar-refractivity contribution in [3.63, 3.8) is 0 Å². The molecule has 0 atom stereocenters. The highest BCUT2D eigenvalue weighted by atomic mass is 32.2. The molecule has 0 bridgehead atoms. The van der Waals surface area contributed by atoms with E-state index < -0.39 is 21.8 Å². The second kappa shape index (κ2) is 11.0. The van der Waals surface area contributed by atoms with Crippen LogP contribution in [0.2, 0.25) is 0 Å². The van der Waals surface area contributed by atoms with Crippen molar-refractivity contribution >= 4 is 33.2 Å². The van der Waals surface area contributed by atoms with Crippen LogP contribution in [0, 0.1) is 0 Å². The van der Waals surface area contributed by atoms with Crippen LogP contribution in [0.1, 0.15) is 41.7 Å². The second-order valence-corrected chi connectivity index (χ2v) is 9.05. The zero-order valence-electron chi connectivity index (χ0n) is 19.2. The molecule has 180 valence electrons. The molecule has 2 amide bonds. The van der Waals surface area contributed by atoms with E-state index in [9.17, 15) is 18.0 Å². The second-order valence-electron chi connectivity index (χ2n) is 7.15. The van der Waals surface area contributed by atoms with Crippen LogP contribution in [0.25, 0.3) is 0 Å². The summed E-state index contributed by atoms with van der Waals surface area (Å²) >= 11 is 0. The van der Waals surface area contributed by atoms with E-state index in [2.05, 4.69) is 10.6 Å². The number of carbonyl (C=O) groups excluding carboxylic acids is 2. The number of amides is 2. The van der Waals surface area contributed by atoms with Gasteiger partial charge in [-0.2, -0.15) is 4.31 Å². The first-order valence-electron chi connectivity index (χ1n) is 10.8. The third-order valence-corrected chi connectivity index (χ3v) is 7.05. The van der Waals surface area contributed by atoms with Gasteiger partial charge in [0, 0.05) is 30.0 Å². The average Bonchev–Trinajstić information content (AvgIpc) is 3.36. The molecular formula is C24H27N3O6S. The predicted molar refractivity (Wildman–Crippen MR) is 129 cm³/mol. The first-order chi connectivity index (χ1) is 16.3. The number of rotatable bonds is 10. The first-order valence-corrected chi connectivity index (χ1v) is 12.3. The van der Waals surface area contributed by atoms with Gasteiger partial charge in [0.2, 0.25) is 10.0 Å². The van der Waals surface area contributed by atoms with E-state index in [1.807, 2.05) is 0 Å². The Kier molecular flexibility index (Phi) is 8.08. The Hall–Kier alpha value is -3.63. The van der Waals surface area contributed by atoms with Crippen LogP contribution in [-0.4, -0.2) is 44.2 Å². The number of nitrogens with one attached hydrogen (secondary N) is 2. The summed E-state index contributed by atoms with van der Waals surface area (Å²) in [5.41, 5.74) is 1.14. The van der Waals surface area contributed by atoms with Gasteiger partial charge in [0.25, 0.3) is 11.8 Å². The fraction of sp³-hybridized carbons (Fsp3) is 0.250. The van der Waals surface area contributed by atoms with Gasteiger partial charge in [-0.25, -0.2) is 8.42 Å². The molecule has 0 aliphatic heterocycles. The Bertz CT molecular complexity index is 1230. The summed E-state index contributed by atoms with van der Waals surface area (Å²) in [5, 5.41) is 5.39. The molecule has 3 rings (SSSR count). The van der Waals surface area contributed by atoms with Crippen LogP contribution in [0.5, 0.6) is 5.75 Å². The van der Waals surface area contributed by atoms with Crippen molar-refractivity contribution in [1.82, 2.24) is 4.31 Å². The lowest BCUT2D eigenvalue weighted by atomic mass is 10.2. The van der Waals surface area contributed by atoms with Gasteiger partial charge in [0.1, 0.15) is 10.6 Å². The molecular weight excluding hydrogens is 458 g/mol. The third kappa shape index (κ3) is 5.64. The Labute approximate surface area is 198 Å². The number of benzene rings is 2. The number of ether oxygens (including phenoxy) is 1. The molecule has 1 heterocycles. The van der Waals surface area contributed by atoms with Gasteiger partial charge in [0.15, 0.2) is 5.76 Å². The molecule has 3 aromatic rings. The number of sulfonamides is 1. The summed E-state index contributed by atoms with van der Waals surface area (Å²) in [5.74, 6) is -0.436. The largest absolute Gasteiger partial charge is 0.492 e. The Balaban J connectivity index is 1.78. The molecule has 34 heavy (non-hydrogen) atoms. The molecule has 0 saturated carbocycles. The van der Waals surface area contributed by atoms with Gasteiger partial charge in [-0.05, 0) is 61.5 Å². The van der Waals surface area contributed by atoms with Crippen molar-refractivity contribution in [2.45, 2.75) is 25.7 Å². The monoisotopic (exact) mass is 485 g/mol. The van der Waals surface area contributed by atoms with Crippen LogP contribution < -0.4 is 15.4 Å². The first kappa shape index (κ1) is 25.0. The Morgan fingerprint density at radius 3 is 2.15 bits per heavy atom. The standard InChI is InChI=1S/C24H27N3O6S/c1-4-27(5-2)34(30,31)22-16-19(13-14-20(22)32-6-3)26-23(28)17-9-11-18(12-10-17)25-24(29)21-8-7-15-33-21/h7-16H,4-6H2,1-3H3,(H,25,29)(H,26,28). The minimum atomic E-state index is -3.80. The maximum atomic E-state index is 13.1. The number of carbonyl (C=O) groups is 2. The maximum absolute atomic E-state index is 13.1. The molecule has 0 unspecified atom stereocenters. The van der Waals surface area contributed by atoms with E-state index >= 15 is 0 Å². The van der Waals surface area contributed by atoms with E-state index in [4.69, 9.17) is 9.15 Å². The van der Waals surface area contributed by atoms with Crippen LogP contribution >= 0.6 is 0 Å². The number of anilines is 2. The molecule has 0 spiro atoms. The lowest BCUT2D eigenvalue weighted by Gasteiger charge is -2.21. The van der Waals surface area contributed by atoms with Crippen LogP contribution in [0.4, 0.5) is 11.4 Å². The summed E-state index contributed by atoms with van der Waals surface area (Å²) < 4.78 is 38.1. The molecule has 1 aromatic heterocycles. The van der Waals surface area contributed by atoms with Crippen LogP contribution in [-0.2, 0) is 10.0 Å². The Morgan fingerprint density at radius 1 is 0.912 bits per heavy atom. The Morgan fingerprint density at radius 2 is 1.56 bits per heavy atom. The summed E-state index contributed by atoms with van der Waals surface area (Å²) in [6.45, 7) is 6.20. The number of hydrogen-bond acceptors (Lipinski definition) is 6. The molecule has 0 radical (unpaired) electrons. The molecule has 0 aliphatic rings. The number of nitrogens with zero attached hydrogens (tertiary/aromatic N) is 1. The van der Waals surface area contributed by atoms with Crippen LogP contribution in [0.15, 0.2) is 70.2 Å². The molecule has 0 aliphatic carbocycles. The highest BCUT2D eigenvalue weighted by Crippen LogP contribution is 2.30. The van der Waals surface area contributed by atoms with Crippen molar-refractivity contribution in [3.05, 3.63) is 72.2 Å². The maximum Gasteiger partial charge on any atom is 0.291 e. The van der Waals surface area contributed by atoms with E-state index in [-0.39, 0.29) is 16.4 Å². The van der Waals surface area contributed by atoms with Gasteiger partial charge in [-0.15, -0.1) is 0 Å². The van der Waals surface area contributed by atoms with Crippen molar-refractivity contribution < 1.29 is 27.2 Å². The quantitative estimate of drug-likeness (QED) is 0.444. The molecule has 0 fully saturated rings. The average molecular weight is 486 g/mol. The summed E-state index contributed by atoms with van der Waals surface area (Å²) in [6, 6.07) is 13.9. The summed E-state index contributed by atoms with van der Waals surface area (Å²) in [4.78, 5) is 24.8. The number of furan rings is 1. The van der Waals surface area contributed by atoms with Gasteiger partial charge < -0.3 is 19.8 Å². The zero-order chi connectivity index (χ0) is 24.7. The highest BCUT2D eigenvalue weighted by Gasteiger charge is 2.26. The van der Waals surface area contributed by atoms with E-state index in [1.165, 1.54) is 22.7 Å². The smallest absolute Gasteiger partial charge is 0.291 e. The minimum absolute atomic E-state index is 0.00756. The zero-order valence-corrected chi connectivity index (χ0v) is 20.0. The van der Waals surface area contributed by atoms with E-state index in [0.29, 0.717) is 36.6 Å². The fourth-order valence-corrected chi connectivity index (χ4v) is 4.89. The topological polar surface area (TPSA) is 118 Å². The number of hydrogen-bond donors (Lipinski definition) is 2. The van der Waals surface area contributed by atoms with Gasteiger partial charge >= 0.3 is 0 Å². The molecule has 0 saturated heterocycles. The SMILES string of the molecule is CCOc1ccc(NC(=O)c2ccc(NC(=O)c3ccco3)cc2)cc1S(=O)(=O)N(CC)CC. The van der Waals surface area contributed by atoms with Crippen molar-refractivity contribution in [1.29, 1.82) is 0 Å². The van der Waals surface area contributed by atoms with E-state index in [1.54, 1.807) is 63.2 Å². The van der Waals surface area contributed by atoms with Crippen molar-refractivity contribution in [3.8, 4) is 5.75 Å². The molecule has 2 N–H and O–H groups in total. The van der Waals surface area contributed by atoms with Gasteiger partial charge in [0.05, 0.1) is 12.9 Å². The molecule has 9 nitrogen and oxygen atoms in total. The molecule has 2 aromatic carbocycles.